The minimum absolute atomic E-state index is 0.0669. The van der Waals surface area contributed by atoms with Crippen LogP contribution in [0.2, 0.25) is 0 Å². The quantitative estimate of drug-likeness (QED) is 0.720. The van der Waals surface area contributed by atoms with E-state index in [2.05, 4.69) is 11.4 Å². The minimum atomic E-state index is -0.221. The van der Waals surface area contributed by atoms with Gasteiger partial charge in [0.2, 0.25) is 0 Å². The highest BCUT2D eigenvalue weighted by molar-refractivity contribution is 6.07. The Bertz CT molecular complexity index is 890. The largest absolute Gasteiger partial charge is 0.507 e. The van der Waals surface area contributed by atoms with E-state index in [0.29, 0.717) is 5.56 Å². The summed E-state index contributed by atoms with van der Waals surface area (Å²) in [6.45, 7) is 3.99. The summed E-state index contributed by atoms with van der Waals surface area (Å²) >= 11 is 0. The van der Waals surface area contributed by atoms with Gasteiger partial charge in [0.25, 0.3) is 5.91 Å². The van der Waals surface area contributed by atoms with Gasteiger partial charge in [0.15, 0.2) is 0 Å². The molecule has 0 unspecified atom stereocenters. The van der Waals surface area contributed by atoms with Crippen molar-refractivity contribution >= 4 is 11.6 Å². The summed E-state index contributed by atoms with van der Waals surface area (Å²) in [5.41, 5.74) is 4.78. The fraction of sp³-hybridized carbons (Fsp3) is 0.480. The molecule has 4 fully saturated rings. The molecule has 0 aliphatic heterocycles. The summed E-state index contributed by atoms with van der Waals surface area (Å²) < 4.78 is 0. The third-order valence-electron chi connectivity index (χ3n) is 7.61. The third kappa shape index (κ3) is 2.83. The van der Waals surface area contributed by atoms with Gasteiger partial charge in [0.05, 0.1) is 5.56 Å². The van der Waals surface area contributed by atoms with Crippen molar-refractivity contribution in [2.45, 2.75) is 57.8 Å². The molecule has 3 nitrogen and oxygen atoms in total. The SMILES string of the molecule is Cc1cccc(C)c1NC(=O)c1cc(C23CC4CC(CC(C4)C2)C3)ccc1O. The predicted molar refractivity (Wildman–Crippen MR) is 112 cm³/mol. The van der Waals surface area contributed by atoms with Crippen LogP contribution in [0.3, 0.4) is 0 Å². The number of carbonyl (C=O) groups excluding carboxylic acids is 1. The molecule has 4 aliphatic rings. The van der Waals surface area contributed by atoms with Gasteiger partial charge >= 0.3 is 0 Å². The Kier molecular flexibility index (Phi) is 4.04. The Morgan fingerprint density at radius 3 is 2.11 bits per heavy atom. The minimum Gasteiger partial charge on any atom is -0.507 e. The predicted octanol–water partition coefficient (Wildman–Crippen LogP) is 5.73. The first-order valence-electron chi connectivity index (χ1n) is 10.6. The Morgan fingerprint density at radius 1 is 0.964 bits per heavy atom. The number of anilines is 1. The number of hydrogen-bond acceptors (Lipinski definition) is 2. The summed E-state index contributed by atoms with van der Waals surface area (Å²) in [5, 5.41) is 13.5. The topological polar surface area (TPSA) is 49.3 Å². The Balaban J connectivity index is 1.48. The zero-order valence-electron chi connectivity index (χ0n) is 16.8. The van der Waals surface area contributed by atoms with Gasteiger partial charge in [-0.1, -0.05) is 24.3 Å². The molecule has 6 rings (SSSR count). The second-order valence-corrected chi connectivity index (χ2v) is 9.65. The average molecular weight is 376 g/mol. The maximum Gasteiger partial charge on any atom is 0.259 e. The highest BCUT2D eigenvalue weighted by Gasteiger charge is 2.51. The second kappa shape index (κ2) is 6.37. The van der Waals surface area contributed by atoms with Crippen molar-refractivity contribution in [3.8, 4) is 5.75 Å². The zero-order valence-corrected chi connectivity index (χ0v) is 16.8. The van der Waals surface area contributed by atoms with Gasteiger partial charge < -0.3 is 10.4 Å². The smallest absolute Gasteiger partial charge is 0.259 e. The van der Waals surface area contributed by atoms with Crippen molar-refractivity contribution in [2.24, 2.45) is 17.8 Å². The van der Waals surface area contributed by atoms with Gasteiger partial charge in [0, 0.05) is 5.69 Å². The number of carbonyl (C=O) groups is 1. The maximum atomic E-state index is 13.0. The van der Waals surface area contributed by atoms with Crippen molar-refractivity contribution in [3.05, 3.63) is 58.7 Å². The number of benzene rings is 2. The van der Waals surface area contributed by atoms with E-state index in [1.807, 2.05) is 38.1 Å². The molecule has 2 aromatic carbocycles. The van der Waals surface area contributed by atoms with Crippen LogP contribution in [0.5, 0.6) is 5.75 Å². The molecule has 0 radical (unpaired) electrons. The van der Waals surface area contributed by atoms with Crippen LogP contribution in [-0.2, 0) is 5.41 Å². The van der Waals surface area contributed by atoms with Crippen LogP contribution in [0.4, 0.5) is 5.69 Å². The first-order valence-corrected chi connectivity index (χ1v) is 10.6. The van der Waals surface area contributed by atoms with E-state index in [4.69, 9.17) is 0 Å². The molecule has 4 aliphatic carbocycles. The van der Waals surface area contributed by atoms with E-state index in [1.54, 1.807) is 6.07 Å². The van der Waals surface area contributed by atoms with E-state index in [1.165, 1.54) is 44.1 Å². The number of phenolic OH excluding ortho intramolecular Hbond substituents is 1. The number of nitrogens with one attached hydrogen (secondary N) is 1. The fourth-order valence-corrected chi connectivity index (χ4v) is 6.70. The Hall–Kier alpha value is -2.29. The lowest BCUT2D eigenvalue weighted by atomic mass is 9.48. The summed E-state index contributed by atoms with van der Waals surface area (Å²) in [6, 6.07) is 11.8. The number of phenols is 1. The van der Waals surface area contributed by atoms with Crippen LogP contribution in [0.25, 0.3) is 0 Å². The van der Waals surface area contributed by atoms with Crippen LogP contribution in [0, 0.1) is 31.6 Å². The normalized spacial score (nSPS) is 30.4. The van der Waals surface area contributed by atoms with E-state index in [-0.39, 0.29) is 17.1 Å². The van der Waals surface area contributed by atoms with Gasteiger partial charge in [-0.25, -0.2) is 0 Å². The van der Waals surface area contributed by atoms with Gasteiger partial charge in [-0.15, -0.1) is 0 Å². The van der Waals surface area contributed by atoms with Crippen LogP contribution >= 0.6 is 0 Å². The summed E-state index contributed by atoms with van der Waals surface area (Å²) in [5.74, 6) is 2.41. The van der Waals surface area contributed by atoms with Crippen molar-refractivity contribution in [2.75, 3.05) is 5.32 Å². The first-order chi connectivity index (χ1) is 13.4. The number of hydrogen-bond donors (Lipinski definition) is 2. The molecule has 4 saturated carbocycles. The maximum absolute atomic E-state index is 13.0. The van der Waals surface area contributed by atoms with Crippen molar-refractivity contribution in [3.63, 3.8) is 0 Å². The highest BCUT2D eigenvalue weighted by Crippen LogP contribution is 2.60. The second-order valence-electron chi connectivity index (χ2n) is 9.65. The lowest BCUT2D eigenvalue weighted by molar-refractivity contribution is -0.00521. The van der Waals surface area contributed by atoms with Crippen LogP contribution in [0.15, 0.2) is 36.4 Å². The standard InChI is InChI=1S/C25H29NO2/c1-15-4-3-5-16(2)23(15)26-24(28)21-11-20(6-7-22(21)27)25-12-17-8-18(13-25)10-19(9-17)14-25/h3-7,11,17-19,27H,8-10,12-14H2,1-2H3,(H,26,28). The number of amides is 1. The fourth-order valence-electron chi connectivity index (χ4n) is 6.70. The zero-order chi connectivity index (χ0) is 19.5. The van der Waals surface area contributed by atoms with E-state index in [0.717, 1.165) is 34.6 Å². The van der Waals surface area contributed by atoms with Gasteiger partial charge in [-0.2, -0.15) is 0 Å². The van der Waals surface area contributed by atoms with Crippen LogP contribution < -0.4 is 5.32 Å². The number of para-hydroxylation sites is 1. The summed E-state index contributed by atoms with van der Waals surface area (Å²) in [4.78, 5) is 13.0. The summed E-state index contributed by atoms with van der Waals surface area (Å²) in [6.07, 6.45) is 7.96. The average Bonchev–Trinajstić information content (AvgIpc) is 2.64. The molecule has 0 spiro atoms. The summed E-state index contributed by atoms with van der Waals surface area (Å²) in [7, 11) is 0. The van der Waals surface area contributed by atoms with E-state index >= 15 is 0 Å². The van der Waals surface area contributed by atoms with Crippen LogP contribution in [0.1, 0.15) is 65.6 Å². The van der Waals surface area contributed by atoms with Gasteiger partial charge in [-0.3, -0.25) is 4.79 Å². The van der Waals surface area contributed by atoms with Gasteiger partial charge in [0.1, 0.15) is 5.75 Å². The van der Waals surface area contributed by atoms with Crippen molar-refractivity contribution in [1.29, 1.82) is 0 Å². The molecule has 0 atom stereocenters. The highest BCUT2D eigenvalue weighted by atomic mass is 16.3. The molecule has 2 N–H and O–H groups in total. The molecule has 28 heavy (non-hydrogen) atoms. The molecule has 0 saturated heterocycles. The third-order valence-corrected chi connectivity index (χ3v) is 7.61. The van der Waals surface area contributed by atoms with Crippen LogP contribution in [-0.4, -0.2) is 11.0 Å². The lowest BCUT2D eigenvalue weighted by Gasteiger charge is -2.57. The van der Waals surface area contributed by atoms with Gasteiger partial charge in [-0.05, 0) is 104 Å². The molecule has 0 aromatic heterocycles. The van der Waals surface area contributed by atoms with Crippen molar-refractivity contribution < 1.29 is 9.90 Å². The van der Waals surface area contributed by atoms with E-state index < -0.39 is 0 Å². The molecular formula is C25H29NO2. The molecular weight excluding hydrogens is 346 g/mol. The molecule has 3 heteroatoms. The van der Waals surface area contributed by atoms with E-state index in [9.17, 15) is 9.90 Å². The number of aryl methyl sites for hydroxylation is 2. The molecule has 146 valence electrons. The molecule has 2 aromatic rings. The number of aromatic hydroxyl groups is 1. The Morgan fingerprint density at radius 2 is 1.54 bits per heavy atom. The number of rotatable bonds is 3. The monoisotopic (exact) mass is 375 g/mol. The molecule has 1 amide bonds. The Labute approximate surface area is 167 Å². The van der Waals surface area contributed by atoms with Crippen molar-refractivity contribution in [1.82, 2.24) is 0 Å². The first kappa shape index (κ1) is 17.8. The lowest BCUT2D eigenvalue weighted by Crippen LogP contribution is -2.48. The molecule has 4 bridgehead atoms. The molecule has 0 heterocycles.